The van der Waals surface area contributed by atoms with Crippen molar-refractivity contribution in [2.24, 2.45) is 0 Å². The first-order chi connectivity index (χ1) is 2.41. The van der Waals surface area contributed by atoms with E-state index in [1.807, 2.05) is 6.92 Å². The minimum absolute atomic E-state index is 0.865. The summed E-state index contributed by atoms with van der Waals surface area (Å²) in [6.07, 6.45) is 0.865. The van der Waals surface area contributed by atoms with Gasteiger partial charge in [0.05, 0.1) is 0 Å². The Morgan fingerprint density at radius 3 is 2.60 bits per heavy atom. The van der Waals surface area contributed by atoms with Crippen molar-refractivity contribution in [2.75, 3.05) is 0 Å². The molecule has 1 nitrogen and oxygen atoms in total. The van der Waals surface area contributed by atoms with E-state index in [1.54, 1.807) is 6.54 Å². The highest BCUT2D eigenvalue weighted by Crippen LogP contribution is 1.80. The Morgan fingerprint density at radius 2 is 2.60 bits per heavy atom. The molecule has 0 aliphatic heterocycles. The molecule has 27 valence electrons. The van der Waals surface area contributed by atoms with Crippen molar-refractivity contribution in [1.29, 1.82) is 0 Å². The van der Waals surface area contributed by atoms with E-state index >= 15 is 0 Å². The Labute approximate surface area is 32.4 Å². The molecule has 0 heterocycles. The minimum Gasteiger partial charge on any atom is -0.305 e. The summed E-state index contributed by atoms with van der Waals surface area (Å²) < 4.78 is 0. The normalized spacial score (nSPS) is 6.40. The van der Waals surface area contributed by atoms with Gasteiger partial charge in [-0.3, -0.25) is 0 Å². The third-order valence-corrected chi connectivity index (χ3v) is 0.274. The second-order valence-electron chi connectivity index (χ2n) is 0.720. The second-order valence-corrected chi connectivity index (χ2v) is 0.720. The van der Waals surface area contributed by atoms with E-state index in [0.29, 0.717) is 0 Å². The Bertz CT molecular complexity index is 42.1. The fourth-order valence-corrected chi connectivity index (χ4v) is 0.0913. The quantitative estimate of drug-likeness (QED) is 0.410. The van der Waals surface area contributed by atoms with Gasteiger partial charge in [0.2, 0.25) is 0 Å². The summed E-state index contributed by atoms with van der Waals surface area (Å²) in [6.45, 7) is 9.66. The zero-order valence-corrected chi connectivity index (χ0v) is 3.23. The third kappa shape index (κ3) is 3.49. The Kier molecular flexibility index (Phi) is 3.13. The van der Waals surface area contributed by atoms with Crippen LogP contribution in [0.4, 0.5) is 0 Å². The molecule has 0 aromatic heterocycles. The molecule has 5 heavy (non-hydrogen) atoms. The molecule has 0 aromatic rings. The standard InChI is InChI=1S/C4H6N/c1-3-4-5-2/h4H,3H2,1H3. The van der Waals surface area contributed by atoms with Crippen LogP contribution in [0.15, 0.2) is 0 Å². The van der Waals surface area contributed by atoms with Crippen molar-refractivity contribution in [3.63, 3.8) is 0 Å². The summed E-state index contributed by atoms with van der Waals surface area (Å²) in [5.74, 6) is 0. The molecule has 1 radical (unpaired) electrons. The summed E-state index contributed by atoms with van der Waals surface area (Å²) in [4.78, 5) is 2.98. The highest BCUT2D eigenvalue weighted by atomic mass is 14.6. The Hall–Kier alpha value is -0.510. The van der Waals surface area contributed by atoms with Gasteiger partial charge in [-0.25, -0.2) is 6.57 Å². The van der Waals surface area contributed by atoms with Crippen molar-refractivity contribution >= 4 is 0 Å². The summed E-state index contributed by atoms with van der Waals surface area (Å²) in [5.41, 5.74) is 0. The largest absolute Gasteiger partial charge is 0.305 e. The maximum Gasteiger partial charge on any atom is 0.296 e. The molecule has 0 aromatic carbocycles. The van der Waals surface area contributed by atoms with Crippen LogP contribution in [0.5, 0.6) is 0 Å². The van der Waals surface area contributed by atoms with Gasteiger partial charge in [0, 0.05) is 6.42 Å². The van der Waals surface area contributed by atoms with Gasteiger partial charge in [0.1, 0.15) is 0 Å². The third-order valence-electron chi connectivity index (χ3n) is 0.274. The molecular formula is C4H6N. The van der Waals surface area contributed by atoms with Crippen LogP contribution >= 0.6 is 0 Å². The van der Waals surface area contributed by atoms with Crippen molar-refractivity contribution in [1.82, 2.24) is 0 Å². The lowest BCUT2D eigenvalue weighted by molar-refractivity contribution is 1.15. The van der Waals surface area contributed by atoms with Gasteiger partial charge in [-0.2, -0.15) is 0 Å². The van der Waals surface area contributed by atoms with E-state index < -0.39 is 0 Å². The second kappa shape index (κ2) is 3.49. The molecule has 0 fully saturated rings. The van der Waals surface area contributed by atoms with Crippen molar-refractivity contribution in [3.8, 4) is 0 Å². The molecule has 1 heteroatoms. The molecule has 0 saturated carbocycles. The highest BCUT2D eigenvalue weighted by Gasteiger charge is 1.72. The monoisotopic (exact) mass is 68.1 g/mol. The average molecular weight is 68.1 g/mol. The van der Waals surface area contributed by atoms with Crippen LogP contribution in [0.3, 0.4) is 0 Å². The number of hydrogen-bond donors (Lipinski definition) is 0. The van der Waals surface area contributed by atoms with Crippen molar-refractivity contribution in [2.45, 2.75) is 13.3 Å². The van der Waals surface area contributed by atoms with E-state index in [-0.39, 0.29) is 0 Å². The summed E-state index contributed by atoms with van der Waals surface area (Å²) in [6, 6.07) is 0. The van der Waals surface area contributed by atoms with Gasteiger partial charge in [0.25, 0.3) is 6.54 Å². The molecule has 0 N–H and O–H groups in total. The van der Waals surface area contributed by atoms with Gasteiger partial charge in [0.15, 0.2) is 0 Å². The summed E-state index contributed by atoms with van der Waals surface area (Å²) in [7, 11) is 0. The molecule has 0 bridgehead atoms. The molecule has 0 rings (SSSR count). The van der Waals surface area contributed by atoms with Crippen molar-refractivity contribution in [3.05, 3.63) is 18.0 Å². The SMILES string of the molecule is [C-]#[N+][CH]CC. The fourth-order valence-electron chi connectivity index (χ4n) is 0.0913. The van der Waals surface area contributed by atoms with Gasteiger partial charge >= 0.3 is 0 Å². The lowest BCUT2D eigenvalue weighted by atomic mass is 10.5. The fraction of sp³-hybridized carbons (Fsp3) is 0.500. The molecule has 0 saturated heterocycles. The maximum absolute atomic E-state index is 6.17. The zero-order valence-electron chi connectivity index (χ0n) is 3.23. The van der Waals surface area contributed by atoms with Gasteiger partial charge in [-0.15, -0.1) is 0 Å². The molecule has 0 spiro atoms. The lowest BCUT2D eigenvalue weighted by Crippen LogP contribution is -1.51. The molecule has 0 unspecified atom stereocenters. The minimum atomic E-state index is 0.865. The van der Waals surface area contributed by atoms with Crippen LogP contribution in [0.2, 0.25) is 0 Å². The number of nitrogens with zero attached hydrogens (tertiary/aromatic N) is 1. The molecular weight excluding hydrogens is 62.1 g/mol. The van der Waals surface area contributed by atoms with Gasteiger partial charge in [-0.05, 0) is 0 Å². The van der Waals surface area contributed by atoms with Crippen LogP contribution in [-0.2, 0) is 0 Å². The van der Waals surface area contributed by atoms with E-state index in [2.05, 4.69) is 4.85 Å². The van der Waals surface area contributed by atoms with E-state index in [4.69, 9.17) is 6.57 Å². The topological polar surface area (TPSA) is 4.36 Å². The van der Waals surface area contributed by atoms with Crippen LogP contribution < -0.4 is 0 Å². The molecule has 0 aliphatic rings. The summed E-state index contributed by atoms with van der Waals surface area (Å²) in [5, 5.41) is 0. The van der Waals surface area contributed by atoms with E-state index in [9.17, 15) is 0 Å². The van der Waals surface area contributed by atoms with E-state index in [0.717, 1.165) is 6.42 Å². The maximum atomic E-state index is 6.17. The number of rotatable bonds is 1. The first-order valence-electron chi connectivity index (χ1n) is 1.60. The average Bonchev–Trinajstić information content (AvgIpc) is 1.41. The predicted molar refractivity (Wildman–Crippen MR) is 21.2 cm³/mol. The Balaban J connectivity index is 2.48. The van der Waals surface area contributed by atoms with Crippen LogP contribution in [-0.4, -0.2) is 0 Å². The van der Waals surface area contributed by atoms with Gasteiger partial charge < -0.3 is 4.85 Å². The first kappa shape index (κ1) is 4.49. The molecule has 0 atom stereocenters. The molecule has 0 amide bonds. The van der Waals surface area contributed by atoms with E-state index in [1.165, 1.54) is 0 Å². The van der Waals surface area contributed by atoms with Crippen LogP contribution in [0.1, 0.15) is 13.3 Å². The zero-order chi connectivity index (χ0) is 4.12. The smallest absolute Gasteiger partial charge is 0.296 e. The summed E-state index contributed by atoms with van der Waals surface area (Å²) >= 11 is 0. The van der Waals surface area contributed by atoms with Gasteiger partial charge in [-0.1, -0.05) is 6.92 Å². The predicted octanol–water partition coefficient (Wildman–Crippen LogP) is 1.48. The lowest BCUT2D eigenvalue weighted by Gasteiger charge is -1.62. The highest BCUT2D eigenvalue weighted by molar-refractivity contribution is 4.71. The Morgan fingerprint density at radius 1 is 2.00 bits per heavy atom. The van der Waals surface area contributed by atoms with Crippen LogP contribution in [0, 0.1) is 13.1 Å². The van der Waals surface area contributed by atoms with Crippen molar-refractivity contribution < 1.29 is 0 Å². The molecule has 0 aliphatic carbocycles. The first-order valence-corrected chi connectivity index (χ1v) is 1.60. The van der Waals surface area contributed by atoms with Crippen LogP contribution in [0.25, 0.3) is 4.85 Å². The number of hydrogen-bond acceptors (Lipinski definition) is 0.